The molecule has 2 fully saturated rings. The maximum Gasteiger partial charge on any atom is 0.0547 e. The van der Waals surface area contributed by atoms with Gasteiger partial charge in [0.05, 0.1) is 5.69 Å². The fourth-order valence-corrected chi connectivity index (χ4v) is 3.69. The molecule has 1 N–H and O–H groups in total. The van der Waals surface area contributed by atoms with Crippen molar-refractivity contribution in [3.05, 3.63) is 29.6 Å². The van der Waals surface area contributed by atoms with Gasteiger partial charge in [0.1, 0.15) is 0 Å². The summed E-state index contributed by atoms with van der Waals surface area (Å²) in [5.41, 5.74) is 2.33. The second-order valence-electron chi connectivity index (χ2n) is 6.14. The molecule has 0 spiro atoms. The average Bonchev–Trinajstić information content (AvgIpc) is 3.00. The zero-order valence-corrected chi connectivity index (χ0v) is 12.1. The Morgan fingerprint density at radius 2 is 2.26 bits per heavy atom. The van der Waals surface area contributed by atoms with Gasteiger partial charge in [-0.1, -0.05) is 13.0 Å². The van der Waals surface area contributed by atoms with Gasteiger partial charge in [0, 0.05) is 30.9 Å². The molecule has 3 rings (SSSR count). The molecule has 0 aromatic carbocycles. The summed E-state index contributed by atoms with van der Waals surface area (Å²) >= 11 is 0. The Labute approximate surface area is 116 Å². The zero-order chi connectivity index (χ0) is 13.2. The molecule has 3 heteroatoms. The number of nitrogens with one attached hydrogen (secondary N) is 1. The Morgan fingerprint density at radius 1 is 1.37 bits per heavy atom. The number of rotatable bonds is 5. The van der Waals surface area contributed by atoms with Gasteiger partial charge in [-0.3, -0.25) is 9.88 Å². The molecule has 2 bridgehead atoms. The largest absolute Gasteiger partial charge is 0.311 e. The molecule has 3 heterocycles. The molecule has 1 aromatic rings. The van der Waals surface area contributed by atoms with Gasteiger partial charge in [-0.15, -0.1) is 0 Å². The molecule has 0 saturated carbocycles. The van der Waals surface area contributed by atoms with Crippen LogP contribution in [0.15, 0.2) is 18.2 Å². The van der Waals surface area contributed by atoms with E-state index in [1.54, 1.807) is 0 Å². The average molecular weight is 259 g/mol. The number of aromatic nitrogens is 1. The molecule has 0 amide bonds. The van der Waals surface area contributed by atoms with Gasteiger partial charge >= 0.3 is 0 Å². The molecule has 0 radical (unpaired) electrons. The quantitative estimate of drug-likeness (QED) is 0.880. The van der Waals surface area contributed by atoms with Crippen molar-refractivity contribution in [2.75, 3.05) is 13.1 Å². The van der Waals surface area contributed by atoms with Crippen LogP contribution in [0.2, 0.25) is 0 Å². The Kier molecular flexibility index (Phi) is 3.85. The van der Waals surface area contributed by atoms with E-state index < -0.39 is 0 Å². The molecule has 2 aliphatic rings. The van der Waals surface area contributed by atoms with Gasteiger partial charge in [-0.2, -0.15) is 0 Å². The minimum absolute atomic E-state index is 0.782. The van der Waals surface area contributed by atoms with E-state index in [1.165, 1.54) is 31.5 Å². The standard InChI is InChI=1S/C16H25N3/c1-3-19(11-15-6-4-5-12(2)17-15)10-13-9-14-7-8-16(13)18-14/h4-6,13-14,16,18H,3,7-11H2,1-2H3. The van der Waals surface area contributed by atoms with E-state index in [9.17, 15) is 0 Å². The lowest BCUT2D eigenvalue weighted by atomic mass is 9.89. The summed E-state index contributed by atoms with van der Waals surface area (Å²) in [5, 5.41) is 3.74. The van der Waals surface area contributed by atoms with E-state index in [-0.39, 0.29) is 0 Å². The number of hydrogen-bond acceptors (Lipinski definition) is 3. The number of hydrogen-bond donors (Lipinski definition) is 1. The van der Waals surface area contributed by atoms with E-state index in [0.29, 0.717) is 0 Å². The summed E-state index contributed by atoms with van der Waals surface area (Å²) in [6.45, 7) is 7.66. The molecule has 104 valence electrons. The number of fused-ring (bicyclic) bond motifs is 2. The predicted molar refractivity (Wildman–Crippen MR) is 78.0 cm³/mol. The molecule has 19 heavy (non-hydrogen) atoms. The summed E-state index contributed by atoms with van der Waals surface area (Å²) in [5.74, 6) is 0.850. The van der Waals surface area contributed by atoms with Crippen LogP contribution in [0.3, 0.4) is 0 Å². The second kappa shape index (κ2) is 5.59. The molecule has 2 aliphatic heterocycles. The van der Waals surface area contributed by atoms with Crippen LogP contribution in [-0.4, -0.2) is 35.1 Å². The van der Waals surface area contributed by atoms with Gasteiger partial charge in [-0.05, 0) is 50.8 Å². The zero-order valence-electron chi connectivity index (χ0n) is 12.1. The number of aryl methyl sites for hydroxylation is 1. The van der Waals surface area contributed by atoms with Crippen LogP contribution in [0.25, 0.3) is 0 Å². The van der Waals surface area contributed by atoms with Crippen LogP contribution in [0.5, 0.6) is 0 Å². The topological polar surface area (TPSA) is 28.2 Å². The maximum atomic E-state index is 4.63. The highest BCUT2D eigenvalue weighted by Crippen LogP contribution is 2.33. The van der Waals surface area contributed by atoms with Crippen molar-refractivity contribution in [3.63, 3.8) is 0 Å². The van der Waals surface area contributed by atoms with Crippen molar-refractivity contribution < 1.29 is 0 Å². The van der Waals surface area contributed by atoms with Crippen LogP contribution in [0.1, 0.15) is 37.6 Å². The molecule has 0 aliphatic carbocycles. The van der Waals surface area contributed by atoms with E-state index in [0.717, 1.165) is 36.8 Å². The lowest BCUT2D eigenvalue weighted by molar-refractivity contribution is 0.211. The highest BCUT2D eigenvalue weighted by atomic mass is 15.1. The van der Waals surface area contributed by atoms with Crippen LogP contribution in [0.4, 0.5) is 0 Å². The monoisotopic (exact) mass is 259 g/mol. The number of nitrogens with zero attached hydrogens (tertiary/aromatic N) is 2. The van der Waals surface area contributed by atoms with Gasteiger partial charge in [-0.25, -0.2) is 0 Å². The summed E-state index contributed by atoms with van der Waals surface area (Å²) in [4.78, 5) is 7.18. The maximum absolute atomic E-state index is 4.63. The fraction of sp³-hybridized carbons (Fsp3) is 0.688. The first-order valence-corrected chi connectivity index (χ1v) is 7.65. The first-order chi connectivity index (χ1) is 9.24. The molecule has 1 aromatic heterocycles. The normalized spacial score (nSPS) is 29.3. The number of pyridine rings is 1. The fourth-order valence-electron chi connectivity index (χ4n) is 3.69. The minimum Gasteiger partial charge on any atom is -0.311 e. The molecular formula is C16H25N3. The van der Waals surface area contributed by atoms with Gasteiger partial charge < -0.3 is 5.32 Å². The third-order valence-electron chi connectivity index (χ3n) is 4.70. The van der Waals surface area contributed by atoms with Crippen LogP contribution in [0, 0.1) is 12.8 Å². The van der Waals surface area contributed by atoms with Crippen LogP contribution >= 0.6 is 0 Å². The second-order valence-corrected chi connectivity index (χ2v) is 6.14. The Morgan fingerprint density at radius 3 is 2.89 bits per heavy atom. The molecule has 3 atom stereocenters. The first kappa shape index (κ1) is 13.1. The Balaban J connectivity index is 1.59. The Hall–Kier alpha value is -0.930. The summed E-state index contributed by atoms with van der Waals surface area (Å²) in [6, 6.07) is 7.93. The van der Waals surface area contributed by atoms with E-state index in [1.807, 2.05) is 0 Å². The highest BCUT2D eigenvalue weighted by molar-refractivity contribution is 5.10. The van der Waals surface area contributed by atoms with Gasteiger partial charge in [0.15, 0.2) is 0 Å². The van der Waals surface area contributed by atoms with Crippen molar-refractivity contribution >= 4 is 0 Å². The van der Waals surface area contributed by atoms with E-state index >= 15 is 0 Å². The van der Waals surface area contributed by atoms with Crippen LogP contribution < -0.4 is 5.32 Å². The first-order valence-electron chi connectivity index (χ1n) is 7.65. The molecule has 3 nitrogen and oxygen atoms in total. The van der Waals surface area contributed by atoms with E-state index in [2.05, 4.69) is 47.2 Å². The third kappa shape index (κ3) is 2.98. The lowest BCUT2D eigenvalue weighted by Crippen LogP contribution is -2.35. The van der Waals surface area contributed by atoms with Crippen molar-refractivity contribution in [2.45, 2.75) is 51.7 Å². The lowest BCUT2D eigenvalue weighted by Gasteiger charge is -2.28. The van der Waals surface area contributed by atoms with Crippen molar-refractivity contribution in [3.8, 4) is 0 Å². The van der Waals surface area contributed by atoms with Crippen molar-refractivity contribution in [1.82, 2.24) is 15.2 Å². The molecular weight excluding hydrogens is 234 g/mol. The van der Waals surface area contributed by atoms with E-state index in [4.69, 9.17) is 0 Å². The summed E-state index contributed by atoms with van der Waals surface area (Å²) in [7, 11) is 0. The van der Waals surface area contributed by atoms with Crippen molar-refractivity contribution in [1.29, 1.82) is 0 Å². The Bertz CT molecular complexity index is 432. The molecule has 2 saturated heterocycles. The minimum atomic E-state index is 0.782. The molecule has 3 unspecified atom stereocenters. The summed E-state index contributed by atoms with van der Waals surface area (Å²) in [6.07, 6.45) is 4.16. The third-order valence-corrected chi connectivity index (χ3v) is 4.70. The van der Waals surface area contributed by atoms with Gasteiger partial charge in [0.2, 0.25) is 0 Å². The van der Waals surface area contributed by atoms with Gasteiger partial charge in [0.25, 0.3) is 0 Å². The smallest absolute Gasteiger partial charge is 0.0547 e. The van der Waals surface area contributed by atoms with Crippen LogP contribution in [-0.2, 0) is 6.54 Å². The summed E-state index contributed by atoms with van der Waals surface area (Å²) < 4.78 is 0. The SMILES string of the molecule is CCN(Cc1cccc(C)n1)CC1CC2CCC1N2. The van der Waals surface area contributed by atoms with Crippen molar-refractivity contribution in [2.24, 2.45) is 5.92 Å². The highest BCUT2D eigenvalue weighted by Gasteiger charge is 2.39. The predicted octanol–water partition coefficient (Wildman–Crippen LogP) is 2.35.